The van der Waals surface area contributed by atoms with Gasteiger partial charge in [0.2, 0.25) is 0 Å². The molecular weight excluding hydrogens is 326 g/mol. The van der Waals surface area contributed by atoms with Crippen LogP contribution < -0.4 is 0 Å². The van der Waals surface area contributed by atoms with Crippen molar-refractivity contribution in [2.45, 2.75) is 39.2 Å². The van der Waals surface area contributed by atoms with Gasteiger partial charge in [-0.3, -0.25) is 0 Å². The van der Waals surface area contributed by atoms with E-state index in [1.54, 1.807) is 11.0 Å². The van der Waals surface area contributed by atoms with Gasteiger partial charge >= 0.3 is 0 Å². The summed E-state index contributed by atoms with van der Waals surface area (Å²) in [5.41, 5.74) is 3.52. The van der Waals surface area contributed by atoms with Crippen LogP contribution in [0.25, 0.3) is 17.3 Å². The third-order valence-corrected chi connectivity index (χ3v) is 4.67. The molecule has 0 aliphatic carbocycles. The van der Waals surface area contributed by atoms with Crippen LogP contribution in [0, 0.1) is 18.3 Å². The topological polar surface area (TPSA) is 85.2 Å². The predicted octanol–water partition coefficient (Wildman–Crippen LogP) is 2.96. The SMILES string of the molecule is Cc1cc(/C=C(/C#N)c2nnc3n2CCCCC3)ccc1-n1cncn1. The van der Waals surface area contributed by atoms with E-state index in [0.29, 0.717) is 11.4 Å². The van der Waals surface area contributed by atoms with E-state index >= 15 is 0 Å². The van der Waals surface area contributed by atoms with Gasteiger partial charge in [-0.15, -0.1) is 10.2 Å². The van der Waals surface area contributed by atoms with Gasteiger partial charge in [0.05, 0.1) is 11.3 Å². The molecule has 1 aliphatic heterocycles. The van der Waals surface area contributed by atoms with Crippen LogP contribution in [0.3, 0.4) is 0 Å². The van der Waals surface area contributed by atoms with Crippen molar-refractivity contribution in [3.05, 3.63) is 53.6 Å². The molecule has 0 bridgehead atoms. The standard InChI is InChI=1S/C19H19N7/c1-14-9-15(6-7-17(14)26-13-21-12-22-26)10-16(11-20)19-24-23-18-5-3-2-4-8-25(18)19/h6-7,9-10,12-13H,2-5,8H2,1H3/b16-10-. The minimum absolute atomic E-state index is 0.540. The first-order valence-electron chi connectivity index (χ1n) is 8.76. The van der Waals surface area contributed by atoms with Crippen molar-refractivity contribution in [3.63, 3.8) is 0 Å². The van der Waals surface area contributed by atoms with Gasteiger partial charge in [0.15, 0.2) is 5.82 Å². The molecule has 0 amide bonds. The Balaban J connectivity index is 1.70. The van der Waals surface area contributed by atoms with Gasteiger partial charge in [-0.1, -0.05) is 12.5 Å². The number of fused-ring (bicyclic) bond motifs is 1. The lowest BCUT2D eigenvalue weighted by Crippen LogP contribution is -2.05. The van der Waals surface area contributed by atoms with E-state index < -0.39 is 0 Å². The molecule has 1 aliphatic rings. The quantitative estimate of drug-likeness (QED) is 0.681. The van der Waals surface area contributed by atoms with Crippen molar-refractivity contribution in [1.29, 1.82) is 5.26 Å². The van der Waals surface area contributed by atoms with Crippen molar-refractivity contribution in [1.82, 2.24) is 29.5 Å². The normalized spacial score (nSPS) is 14.5. The van der Waals surface area contributed by atoms with Crippen molar-refractivity contribution >= 4 is 11.6 Å². The van der Waals surface area contributed by atoms with Crippen LogP contribution in [0.4, 0.5) is 0 Å². The average molecular weight is 345 g/mol. The Hall–Kier alpha value is -3.27. The van der Waals surface area contributed by atoms with Crippen LogP contribution in [0.15, 0.2) is 30.9 Å². The van der Waals surface area contributed by atoms with Gasteiger partial charge < -0.3 is 4.57 Å². The molecule has 0 atom stereocenters. The molecular formula is C19H19N7. The van der Waals surface area contributed by atoms with E-state index in [9.17, 15) is 5.26 Å². The van der Waals surface area contributed by atoms with E-state index in [1.807, 2.05) is 31.2 Å². The molecule has 2 aromatic heterocycles. The van der Waals surface area contributed by atoms with Crippen LogP contribution in [0.2, 0.25) is 0 Å². The van der Waals surface area contributed by atoms with Crippen LogP contribution in [0.1, 0.15) is 42.0 Å². The first kappa shape index (κ1) is 16.2. The van der Waals surface area contributed by atoms with Gasteiger partial charge in [-0.05, 0) is 49.1 Å². The molecule has 0 saturated heterocycles. The van der Waals surface area contributed by atoms with Crippen LogP contribution >= 0.6 is 0 Å². The van der Waals surface area contributed by atoms with E-state index in [2.05, 4.69) is 30.9 Å². The number of aryl methyl sites for hydroxylation is 2. The van der Waals surface area contributed by atoms with Crippen LogP contribution in [-0.4, -0.2) is 29.5 Å². The summed E-state index contributed by atoms with van der Waals surface area (Å²) in [6.45, 7) is 2.89. The first-order chi connectivity index (χ1) is 12.8. The maximum atomic E-state index is 9.68. The van der Waals surface area contributed by atoms with E-state index in [-0.39, 0.29) is 0 Å². The number of benzene rings is 1. The molecule has 1 aromatic carbocycles. The second-order valence-electron chi connectivity index (χ2n) is 6.46. The average Bonchev–Trinajstić information content (AvgIpc) is 3.25. The zero-order valence-corrected chi connectivity index (χ0v) is 14.6. The number of nitriles is 1. The monoisotopic (exact) mass is 345 g/mol. The zero-order chi connectivity index (χ0) is 17.9. The highest BCUT2D eigenvalue weighted by Crippen LogP contribution is 2.23. The number of rotatable bonds is 3. The summed E-state index contributed by atoms with van der Waals surface area (Å²) in [4.78, 5) is 3.98. The molecule has 3 heterocycles. The fourth-order valence-electron chi connectivity index (χ4n) is 3.36. The van der Waals surface area contributed by atoms with E-state index in [0.717, 1.165) is 48.4 Å². The van der Waals surface area contributed by atoms with Gasteiger partial charge in [-0.25, -0.2) is 9.67 Å². The van der Waals surface area contributed by atoms with Crippen LogP contribution in [-0.2, 0) is 13.0 Å². The first-order valence-corrected chi connectivity index (χ1v) is 8.76. The number of nitrogens with zero attached hydrogens (tertiary/aromatic N) is 7. The highest BCUT2D eigenvalue weighted by Gasteiger charge is 2.17. The lowest BCUT2D eigenvalue weighted by atomic mass is 10.1. The molecule has 130 valence electrons. The molecule has 26 heavy (non-hydrogen) atoms. The Morgan fingerprint density at radius 2 is 2.15 bits per heavy atom. The lowest BCUT2D eigenvalue weighted by Gasteiger charge is -2.08. The van der Waals surface area contributed by atoms with Crippen LogP contribution in [0.5, 0.6) is 0 Å². The maximum absolute atomic E-state index is 9.68. The Kier molecular flexibility index (Phi) is 4.32. The summed E-state index contributed by atoms with van der Waals surface area (Å²) in [7, 11) is 0. The molecule has 7 nitrogen and oxygen atoms in total. The van der Waals surface area contributed by atoms with Crippen molar-refractivity contribution < 1.29 is 0 Å². The Morgan fingerprint density at radius 1 is 1.23 bits per heavy atom. The molecule has 4 rings (SSSR count). The molecule has 0 unspecified atom stereocenters. The summed E-state index contributed by atoms with van der Waals surface area (Å²) < 4.78 is 3.82. The number of hydrogen-bond donors (Lipinski definition) is 0. The zero-order valence-electron chi connectivity index (χ0n) is 14.6. The smallest absolute Gasteiger partial charge is 0.174 e. The molecule has 0 spiro atoms. The third-order valence-electron chi connectivity index (χ3n) is 4.67. The highest BCUT2D eigenvalue weighted by molar-refractivity contribution is 5.87. The summed E-state index contributed by atoms with van der Waals surface area (Å²) in [5, 5.41) is 22.4. The van der Waals surface area contributed by atoms with Gasteiger partial charge in [0.1, 0.15) is 24.5 Å². The van der Waals surface area contributed by atoms with Gasteiger partial charge in [0.25, 0.3) is 0 Å². The molecule has 7 heteroatoms. The van der Waals surface area contributed by atoms with E-state index in [4.69, 9.17) is 0 Å². The molecule has 0 saturated carbocycles. The number of hydrogen-bond acceptors (Lipinski definition) is 5. The number of allylic oxidation sites excluding steroid dienone is 1. The Bertz CT molecular complexity index is 990. The predicted molar refractivity (Wildman–Crippen MR) is 97.2 cm³/mol. The van der Waals surface area contributed by atoms with Crippen molar-refractivity contribution in [2.24, 2.45) is 0 Å². The Labute approximate surface area is 151 Å². The third kappa shape index (κ3) is 3.02. The van der Waals surface area contributed by atoms with Crippen molar-refractivity contribution in [3.8, 4) is 11.8 Å². The minimum atomic E-state index is 0.540. The fourth-order valence-corrected chi connectivity index (χ4v) is 3.36. The summed E-state index contributed by atoms with van der Waals surface area (Å²) >= 11 is 0. The second-order valence-corrected chi connectivity index (χ2v) is 6.46. The summed E-state index contributed by atoms with van der Waals surface area (Å²) in [6, 6.07) is 8.29. The molecule has 0 radical (unpaired) electrons. The number of aromatic nitrogens is 6. The lowest BCUT2D eigenvalue weighted by molar-refractivity contribution is 0.627. The maximum Gasteiger partial charge on any atom is 0.174 e. The van der Waals surface area contributed by atoms with E-state index in [1.165, 1.54) is 12.7 Å². The fraction of sp³-hybridized carbons (Fsp3) is 0.316. The minimum Gasteiger partial charge on any atom is -0.310 e. The second kappa shape index (κ2) is 6.92. The molecule has 0 fully saturated rings. The van der Waals surface area contributed by atoms with Gasteiger partial charge in [0, 0.05) is 13.0 Å². The molecule has 3 aromatic rings. The highest BCUT2D eigenvalue weighted by atomic mass is 15.3. The summed E-state index contributed by atoms with van der Waals surface area (Å²) in [6.07, 6.45) is 9.41. The molecule has 0 N–H and O–H groups in total. The van der Waals surface area contributed by atoms with Crippen molar-refractivity contribution in [2.75, 3.05) is 0 Å². The summed E-state index contributed by atoms with van der Waals surface area (Å²) in [5.74, 6) is 1.65. The van der Waals surface area contributed by atoms with Gasteiger partial charge in [-0.2, -0.15) is 10.4 Å². The largest absolute Gasteiger partial charge is 0.310 e. The Morgan fingerprint density at radius 3 is 2.92 bits per heavy atom.